The van der Waals surface area contributed by atoms with Crippen LogP contribution in [0.25, 0.3) is 0 Å². The van der Waals surface area contributed by atoms with Crippen molar-refractivity contribution in [3.05, 3.63) is 53.5 Å². The van der Waals surface area contributed by atoms with Crippen LogP contribution in [-0.2, 0) is 11.2 Å². The SMILES string of the molecule is CCc1occc1C(=O)N(CC(=O)O)c1ccc(C)cc1. The Labute approximate surface area is 122 Å². The van der Waals surface area contributed by atoms with Gasteiger partial charge in [-0.2, -0.15) is 0 Å². The second kappa shape index (κ2) is 6.26. The summed E-state index contributed by atoms with van der Waals surface area (Å²) in [7, 11) is 0. The van der Waals surface area contributed by atoms with E-state index in [-0.39, 0.29) is 5.91 Å². The lowest BCUT2D eigenvalue weighted by Gasteiger charge is -2.21. The molecular weight excluding hydrogens is 270 g/mol. The van der Waals surface area contributed by atoms with E-state index in [9.17, 15) is 9.59 Å². The summed E-state index contributed by atoms with van der Waals surface area (Å²) in [6.07, 6.45) is 2.02. The summed E-state index contributed by atoms with van der Waals surface area (Å²) in [5, 5.41) is 9.06. The maximum absolute atomic E-state index is 12.6. The lowest BCUT2D eigenvalue weighted by molar-refractivity contribution is -0.135. The summed E-state index contributed by atoms with van der Waals surface area (Å²) in [4.78, 5) is 24.9. The van der Waals surface area contributed by atoms with Gasteiger partial charge in [0.15, 0.2) is 0 Å². The number of carboxylic acids is 1. The van der Waals surface area contributed by atoms with Crippen molar-refractivity contribution in [3.8, 4) is 0 Å². The third-order valence-corrected chi connectivity index (χ3v) is 3.18. The van der Waals surface area contributed by atoms with Crippen molar-refractivity contribution in [1.82, 2.24) is 0 Å². The molecule has 0 saturated heterocycles. The lowest BCUT2D eigenvalue weighted by Crippen LogP contribution is -2.36. The Balaban J connectivity index is 2.38. The number of anilines is 1. The number of carbonyl (C=O) groups excluding carboxylic acids is 1. The van der Waals surface area contributed by atoms with Gasteiger partial charge in [0.05, 0.1) is 11.8 Å². The molecule has 0 aliphatic heterocycles. The average Bonchev–Trinajstić information content (AvgIpc) is 2.93. The van der Waals surface area contributed by atoms with E-state index in [4.69, 9.17) is 9.52 Å². The number of carbonyl (C=O) groups is 2. The molecular formula is C16H17NO4. The Hall–Kier alpha value is -2.56. The third-order valence-electron chi connectivity index (χ3n) is 3.18. The van der Waals surface area contributed by atoms with Crippen LogP contribution in [0.5, 0.6) is 0 Å². The summed E-state index contributed by atoms with van der Waals surface area (Å²) in [5.74, 6) is -0.875. The van der Waals surface area contributed by atoms with Crippen LogP contribution >= 0.6 is 0 Å². The minimum Gasteiger partial charge on any atom is -0.480 e. The molecule has 21 heavy (non-hydrogen) atoms. The van der Waals surface area contributed by atoms with Crippen LogP contribution in [-0.4, -0.2) is 23.5 Å². The molecule has 0 fully saturated rings. The first-order valence-electron chi connectivity index (χ1n) is 6.69. The molecule has 1 aromatic carbocycles. The predicted octanol–water partition coefficient (Wildman–Crippen LogP) is 2.88. The summed E-state index contributed by atoms with van der Waals surface area (Å²) >= 11 is 0. The molecule has 0 spiro atoms. The molecule has 110 valence electrons. The Morgan fingerprint density at radius 3 is 2.43 bits per heavy atom. The quantitative estimate of drug-likeness (QED) is 0.918. The molecule has 1 amide bonds. The van der Waals surface area contributed by atoms with E-state index in [1.807, 2.05) is 26.0 Å². The van der Waals surface area contributed by atoms with Gasteiger partial charge in [0.1, 0.15) is 12.3 Å². The van der Waals surface area contributed by atoms with Crippen LogP contribution in [0.1, 0.15) is 28.6 Å². The standard InChI is InChI=1S/C16H17NO4/c1-3-14-13(8-9-21-14)16(20)17(10-15(18)19)12-6-4-11(2)5-7-12/h4-9H,3,10H2,1-2H3,(H,18,19). The van der Waals surface area contributed by atoms with E-state index in [0.717, 1.165) is 5.56 Å². The molecule has 0 unspecified atom stereocenters. The summed E-state index contributed by atoms with van der Waals surface area (Å²) in [6.45, 7) is 3.41. The van der Waals surface area contributed by atoms with Crippen molar-refractivity contribution in [1.29, 1.82) is 0 Å². The first-order chi connectivity index (χ1) is 10.0. The van der Waals surface area contributed by atoms with Crippen LogP contribution in [0, 0.1) is 6.92 Å². The second-order valence-corrected chi connectivity index (χ2v) is 4.73. The molecule has 2 rings (SSSR count). The number of nitrogens with zero attached hydrogens (tertiary/aromatic N) is 1. The molecule has 1 N–H and O–H groups in total. The molecule has 5 heteroatoms. The fourth-order valence-electron chi connectivity index (χ4n) is 2.09. The first-order valence-corrected chi connectivity index (χ1v) is 6.69. The van der Waals surface area contributed by atoms with E-state index in [2.05, 4.69) is 0 Å². The molecule has 0 aliphatic rings. The van der Waals surface area contributed by atoms with Crippen molar-refractivity contribution in [2.75, 3.05) is 11.4 Å². The number of aliphatic carboxylic acids is 1. The number of rotatable bonds is 5. The van der Waals surface area contributed by atoms with Crippen molar-refractivity contribution in [3.63, 3.8) is 0 Å². The lowest BCUT2D eigenvalue weighted by atomic mass is 10.1. The predicted molar refractivity (Wildman–Crippen MR) is 78.6 cm³/mol. The van der Waals surface area contributed by atoms with Gasteiger partial charge in [0.2, 0.25) is 0 Å². The smallest absolute Gasteiger partial charge is 0.323 e. The van der Waals surface area contributed by atoms with Crippen LogP contribution in [0.2, 0.25) is 0 Å². The van der Waals surface area contributed by atoms with Crippen LogP contribution in [0.4, 0.5) is 5.69 Å². The highest BCUT2D eigenvalue weighted by Gasteiger charge is 2.23. The van der Waals surface area contributed by atoms with Crippen LogP contribution < -0.4 is 4.90 Å². The van der Waals surface area contributed by atoms with Gasteiger partial charge in [-0.1, -0.05) is 24.6 Å². The van der Waals surface area contributed by atoms with Gasteiger partial charge < -0.3 is 9.52 Å². The third kappa shape index (κ3) is 3.31. The Bertz CT molecular complexity index is 643. The second-order valence-electron chi connectivity index (χ2n) is 4.73. The summed E-state index contributed by atoms with van der Waals surface area (Å²) in [5.41, 5.74) is 2.00. The number of hydrogen-bond acceptors (Lipinski definition) is 3. The monoisotopic (exact) mass is 287 g/mol. The Morgan fingerprint density at radius 1 is 1.19 bits per heavy atom. The molecule has 0 bridgehead atoms. The van der Waals surface area contributed by atoms with Gasteiger partial charge in [-0.25, -0.2) is 0 Å². The zero-order chi connectivity index (χ0) is 15.4. The van der Waals surface area contributed by atoms with E-state index in [1.165, 1.54) is 11.2 Å². The number of aryl methyl sites for hydroxylation is 2. The van der Waals surface area contributed by atoms with Crippen molar-refractivity contribution in [2.45, 2.75) is 20.3 Å². The maximum Gasteiger partial charge on any atom is 0.323 e. The number of amides is 1. The van der Waals surface area contributed by atoms with E-state index >= 15 is 0 Å². The number of furan rings is 1. The molecule has 5 nitrogen and oxygen atoms in total. The van der Waals surface area contributed by atoms with Gasteiger partial charge in [0, 0.05) is 12.1 Å². The maximum atomic E-state index is 12.6. The van der Waals surface area contributed by atoms with Crippen molar-refractivity contribution in [2.24, 2.45) is 0 Å². The number of carboxylic acid groups (broad SMARTS) is 1. The van der Waals surface area contributed by atoms with Crippen molar-refractivity contribution < 1.29 is 19.1 Å². The highest BCUT2D eigenvalue weighted by Crippen LogP contribution is 2.20. The highest BCUT2D eigenvalue weighted by atomic mass is 16.4. The van der Waals surface area contributed by atoms with E-state index < -0.39 is 12.5 Å². The normalized spacial score (nSPS) is 10.4. The molecule has 0 saturated carbocycles. The average molecular weight is 287 g/mol. The van der Waals surface area contributed by atoms with Crippen LogP contribution in [0.3, 0.4) is 0 Å². The molecule has 1 heterocycles. The van der Waals surface area contributed by atoms with Crippen molar-refractivity contribution >= 4 is 17.6 Å². The highest BCUT2D eigenvalue weighted by molar-refractivity contribution is 6.08. The Kier molecular flexibility index (Phi) is 4.42. The topological polar surface area (TPSA) is 70.8 Å². The molecule has 0 radical (unpaired) electrons. The molecule has 0 atom stereocenters. The van der Waals surface area contributed by atoms with Gasteiger partial charge >= 0.3 is 5.97 Å². The fraction of sp³-hybridized carbons (Fsp3) is 0.250. The minimum absolute atomic E-state index is 0.369. The van der Waals surface area contributed by atoms with Gasteiger partial charge in [0.25, 0.3) is 5.91 Å². The largest absolute Gasteiger partial charge is 0.480 e. The van der Waals surface area contributed by atoms with E-state index in [1.54, 1.807) is 18.2 Å². The number of hydrogen-bond donors (Lipinski definition) is 1. The molecule has 1 aromatic heterocycles. The first kappa shape index (κ1) is 14.8. The minimum atomic E-state index is -1.06. The summed E-state index contributed by atoms with van der Waals surface area (Å²) < 4.78 is 5.25. The van der Waals surface area contributed by atoms with Gasteiger partial charge in [-0.15, -0.1) is 0 Å². The van der Waals surface area contributed by atoms with E-state index in [0.29, 0.717) is 23.4 Å². The van der Waals surface area contributed by atoms with Gasteiger partial charge in [-0.3, -0.25) is 14.5 Å². The van der Waals surface area contributed by atoms with Crippen LogP contribution in [0.15, 0.2) is 41.0 Å². The molecule has 0 aliphatic carbocycles. The summed E-state index contributed by atoms with van der Waals surface area (Å²) in [6, 6.07) is 8.73. The molecule has 2 aromatic rings. The zero-order valence-electron chi connectivity index (χ0n) is 12.0. The fourth-order valence-corrected chi connectivity index (χ4v) is 2.09. The Morgan fingerprint density at radius 2 is 1.86 bits per heavy atom. The van der Waals surface area contributed by atoms with Gasteiger partial charge in [-0.05, 0) is 25.1 Å². The number of benzene rings is 1. The zero-order valence-corrected chi connectivity index (χ0v) is 12.0.